The van der Waals surface area contributed by atoms with Crippen LogP contribution in [0.4, 0.5) is 0 Å². The third-order valence-corrected chi connectivity index (χ3v) is 5.25. The van der Waals surface area contributed by atoms with E-state index in [9.17, 15) is 5.11 Å². The molecule has 4 aromatic rings. The van der Waals surface area contributed by atoms with Crippen molar-refractivity contribution in [3.05, 3.63) is 95.1 Å². The lowest BCUT2D eigenvalue weighted by atomic mass is 9.83. The Balaban J connectivity index is 1.74. The van der Waals surface area contributed by atoms with Crippen LogP contribution >= 0.6 is 0 Å². The average Bonchev–Trinajstić information content (AvgIpc) is 3.27. The zero-order valence-electron chi connectivity index (χ0n) is 16.2. The SMILES string of the molecule is COc1ccccc1[C@H]1c2ccc(O)cc2Oc2ncn(Cc3ccco3)c(=N)c21. The molecule has 2 aromatic heterocycles. The standard InChI is InChI=1S/C23H19N3O4/c1-28-18-7-3-2-6-16(18)20-17-9-8-14(27)11-19(17)30-23-21(20)22(24)26(13-25-23)12-15-5-4-10-29-15/h2-11,13,20,24,27H,12H2,1H3/t20-/m0/s1. The van der Waals surface area contributed by atoms with Gasteiger partial charge in [-0.15, -0.1) is 0 Å². The summed E-state index contributed by atoms with van der Waals surface area (Å²) in [7, 11) is 1.62. The van der Waals surface area contributed by atoms with Crippen LogP contribution in [0.5, 0.6) is 23.1 Å². The molecule has 3 heterocycles. The summed E-state index contributed by atoms with van der Waals surface area (Å²) in [5, 5.41) is 18.9. The lowest BCUT2D eigenvalue weighted by molar-refractivity contribution is 0.397. The van der Waals surface area contributed by atoms with E-state index in [4.69, 9.17) is 19.3 Å². The van der Waals surface area contributed by atoms with Crippen LogP contribution in [-0.2, 0) is 6.54 Å². The monoisotopic (exact) mass is 401 g/mol. The number of aromatic hydroxyl groups is 1. The largest absolute Gasteiger partial charge is 0.508 e. The lowest BCUT2D eigenvalue weighted by Crippen LogP contribution is -2.30. The molecular formula is C23H19N3O4. The van der Waals surface area contributed by atoms with Gasteiger partial charge in [-0.25, -0.2) is 4.98 Å². The molecule has 1 aliphatic heterocycles. The maximum Gasteiger partial charge on any atom is 0.228 e. The molecule has 1 aliphatic rings. The minimum Gasteiger partial charge on any atom is -0.508 e. The predicted molar refractivity (Wildman–Crippen MR) is 108 cm³/mol. The highest BCUT2D eigenvalue weighted by Crippen LogP contribution is 2.47. The predicted octanol–water partition coefficient (Wildman–Crippen LogP) is 4.00. The van der Waals surface area contributed by atoms with E-state index in [2.05, 4.69) is 4.98 Å². The molecule has 0 spiro atoms. The maximum absolute atomic E-state index is 9.96. The molecule has 0 saturated heterocycles. The van der Waals surface area contributed by atoms with Crippen molar-refractivity contribution in [2.45, 2.75) is 12.5 Å². The number of rotatable bonds is 4. The number of hydrogen-bond acceptors (Lipinski definition) is 6. The van der Waals surface area contributed by atoms with E-state index in [-0.39, 0.29) is 17.2 Å². The molecular weight excluding hydrogens is 382 g/mol. The number of phenolic OH excluding ortho intramolecular Hbond substituents is 1. The Bertz CT molecular complexity index is 1280. The van der Waals surface area contributed by atoms with Gasteiger partial charge < -0.3 is 23.6 Å². The first-order valence-electron chi connectivity index (χ1n) is 9.45. The molecule has 1 atom stereocenters. The molecule has 0 amide bonds. The van der Waals surface area contributed by atoms with Crippen LogP contribution in [0.2, 0.25) is 0 Å². The normalized spacial score (nSPS) is 14.5. The van der Waals surface area contributed by atoms with E-state index in [0.717, 1.165) is 16.9 Å². The summed E-state index contributed by atoms with van der Waals surface area (Å²) in [6.45, 7) is 0.382. The number of methoxy groups -OCH3 is 1. The van der Waals surface area contributed by atoms with Crippen molar-refractivity contribution in [1.29, 1.82) is 5.41 Å². The summed E-state index contributed by atoms with van der Waals surface area (Å²) < 4.78 is 18.8. The molecule has 5 rings (SSSR count). The molecule has 30 heavy (non-hydrogen) atoms. The quantitative estimate of drug-likeness (QED) is 0.475. The Hall–Kier alpha value is -4.00. The number of fused-ring (bicyclic) bond motifs is 2. The van der Waals surface area contributed by atoms with Crippen molar-refractivity contribution in [2.75, 3.05) is 7.11 Å². The summed E-state index contributed by atoms with van der Waals surface area (Å²) in [5.74, 6) is 2.04. The first-order valence-corrected chi connectivity index (χ1v) is 9.45. The second-order valence-corrected chi connectivity index (χ2v) is 7.02. The molecule has 0 radical (unpaired) electrons. The number of nitrogens with zero attached hydrogens (tertiary/aromatic N) is 2. The number of para-hydroxylation sites is 1. The van der Waals surface area contributed by atoms with Gasteiger partial charge in [-0.2, -0.15) is 0 Å². The summed E-state index contributed by atoms with van der Waals surface area (Å²) in [6.07, 6.45) is 3.17. The van der Waals surface area contributed by atoms with E-state index in [1.54, 1.807) is 36.4 Å². The Kier molecular flexibility index (Phi) is 4.28. The highest BCUT2D eigenvalue weighted by molar-refractivity contribution is 5.59. The summed E-state index contributed by atoms with van der Waals surface area (Å²) in [5.41, 5.74) is 2.62. The van der Waals surface area contributed by atoms with Gasteiger partial charge in [0.25, 0.3) is 0 Å². The number of furan rings is 1. The van der Waals surface area contributed by atoms with Gasteiger partial charge in [0.1, 0.15) is 34.8 Å². The third-order valence-electron chi connectivity index (χ3n) is 5.25. The topological polar surface area (TPSA) is 93.5 Å². The number of benzene rings is 2. The Morgan fingerprint density at radius 2 is 2.00 bits per heavy atom. The van der Waals surface area contributed by atoms with Crippen molar-refractivity contribution in [3.8, 4) is 23.1 Å². The zero-order valence-corrected chi connectivity index (χ0v) is 16.2. The molecule has 2 aromatic carbocycles. The first kappa shape index (κ1) is 18.1. The number of aromatic nitrogens is 2. The summed E-state index contributed by atoms with van der Waals surface area (Å²) >= 11 is 0. The van der Waals surface area contributed by atoms with Crippen LogP contribution in [0.3, 0.4) is 0 Å². The van der Waals surface area contributed by atoms with Gasteiger partial charge in [-0.1, -0.05) is 24.3 Å². The van der Waals surface area contributed by atoms with Crippen molar-refractivity contribution in [2.24, 2.45) is 0 Å². The maximum atomic E-state index is 9.96. The number of nitrogens with one attached hydrogen (secondary N) is 1. The highest BCUT2D eigenvalue weighted by Gasteiger charge is 2.33. The van der Waals surface area contributed by atoms with Crippen LogP contribution in [0.15, 0.2) is 71.6 Å². The Morgan fingerprint density at radius 1 is 1.13 bits per heavy atom. The minimum absolute atomic E-state index is 0.103. The van der Waals surface area contributed by atoms with Crippen LogP contribution in [0.1, 0.15) is 28.4 Å². The first-order chi connectivity index (χ1) is 14.7. The van der Waals surface area contributed by atoms with Gasteiger partial charge in [-0.05, 0) is 24.3 Å². The van der Waals surface area contributed by atoms with Gasteiger partial charge in [0, 0.05) is 17.2 Å². The third kappa shape index (κ3) is 2.91. The molecule has 0 saturated carbocycles. The lowest BCUT2D eigenvalue weighted by Gasteiger charge is -2.29. The van der Waals surface area contributed by atoms with Crippen LogP contribution in [-0.4, -0.2) is 21.8 Å². The number of ether oxygens (including phenoxy) is 2. The van der Waals surface area contributed by atoms with Gasteiger partial charge in [0.05, 0.1) is 31.4 Å². The average molecular weight is 401 g/mol. The van der Waals surface area contributed by atoms with Crippen molar-refractivity contribution >= 4 is 0 Å². The Morgan fingerprint density at radius 3 is 2.80 bits per heavy atom. The summed E-state index contributed by atoms with van der Waals surface area (Å²) in [6, 6.07) is 16.4. The highest BCUT2D eigenvalue weighted by atomic mass is 16.5. The van der Waals surface area contributed by atoms with Crippen LogP contribution < -0.4 is 15.0 Å². The van der Waals surface area contributed by atoms with Gasteiger partial charge in [0.15, 0.2) is 0 Å². The van der Waals surface area contributed by atoms with E-state index in [0.29, 0.717) is 29.5 Å². The van der Waals surface area contributed by atoms with E-state index in [1.807, 2.05) is 42.5 Å². The van der Waals surface area contributed by atoms with Gasteiger partial charge in [0.2, 0.25) is 5.88 Å². The molecule has 0 bridgehead atoms. The number of phenols is 1. The fourth-order valence-electron chi connectivity index (χ4n) is 3.87. The summed E-state index contributed by atoms with van der Waals surface area (Å²) in [4.78, 5) is 4.48. The van der Waals surface area contributed by atoms with E-state index < -0.39 is 0 Å². The van der Waals surface area contributed by atoms with Crippen molar-refractivity contribution in [1.82, 2.24) is 9.55 Å². The van der Waals surface area contributed by atoms with Crippen molar-refractivity contribution in [3.63, 3.8) is 0 Å². The smallest absolute Gasteiger partial charge is 0.228 e. The Labute approximate surface area is 172 Å². The second-order valence-electron chi connectivity index (χ2n) is 7.02. The van der Waals surface area contributed by atoms with E-state index >= 15 is 0 Å². The van der Waals surface area contributed by atoms with E-state index in [1.165, 1.54) is 0 Å². The van der Waals surface area contributed by atoms with Crippen molar-refractivity contribution < 1.29 is 19.0 Å². The molecule has 0 fully saturated rings. The zero-order chi connectivity index (χ0) is 20.7. The molecule has 150 valence electrons. The number of hydrogen-bond donors (Lipinski definition) is 2. The molecule has 7 nitrogen and oxygen atoms in total. The molecule has 0 unspecified atom stereocenters. The minimum atomic E-state index is -0.343. The van der Waals surface area contributed by atoms with Crippen LogP contribution in [0, 0.1) is 5.41 Å². The molecule has 0 aliphatic carbocycles. The fourth-order valence-corrected chi connectivity index (χ4v) is 3.87. The molecule has 7 heteroatoms. The van der Waals surface area contributed by atoms with Gasteiger partial charge in [-0.3, -0.25) is 5.41 Å². The second kappa shape index (κ2) is 7.11. The fraction of sp³-hybridized carbons (Fsp3) is 0.130. The molecule has 2 N–H and O–H groups in total. The van der Waals surface area contributed by atoms with Gasteiger partial charge >= 0.3 is 0 Å². The van der Waals surface area contributed by atoms with Crippen LogP contribution in [0.25, 0.3) is 0 Å².